The first kappa shape index (κ1) is 13.2. The normalized spacial score (nSPS) is 18.3. The highest BCUT2D eigenvalue weighted by Gasteiger charge is 2.19. The number of hydrogen-bond acceptors (Lipinski definition) is 5. The highest BCUT2D eigenvalue weighted by Crippen LogP contribution is 2.21. The van der Waals surface area contributed by atoms with Crippen LogP contribution in [0, 0.1) is 0 Å². The van der Waals surface area contributed by atoms with Crippen molar-refractivity contribution < 1.29 is 0 Å². The maximum Gasteiger partial charge on any atom is 0.224 e. The van der Waals surface area contributed by atoms with E-state index in [1.807, 2.05) is 0 Å². The molecule has 4 nitrogen and oxygen atoms in total. The Bertz CT molecular complexity index is 383. The number of nitrogens with one attached hydrogen (secondary N) is 1. The summed E-state index contributed by atoms with van der Waals surface area (Å²) >= 11 is 13.4. The van der Waals surface area contributed by atoms with E-state index in [0.29, 0.717) is 22.2 Å². The predicted molar refractivity (Wildman–Crippen MR) is 73.8 cm³/mol. The Morgan fingerprint density at radius 2 is 2.12 bits per heavy atom. The molecule has 0 unspecified atom stereocenters. The van der Waals surface area contributed by atoms with Crippen molar-refractivity contribution in [1.82, 2.24) is 14.3 Å². The van der Waals surface area contributed by atoms with Gasteiger partial charge in [-0.2, -0.15) is 4.98 Å². The molecule has 0 amide bonds. The summed E-state index contributed by atoms with van der Waals surface area (Å²) in [7, 11) is 0. The van der Waals surface area contributed by atoms with Crippen LogP contribution in [-0.4, -0.2) is 39.7 Å². The standard InChI is InChI=1S/C10H14Cl2N4S/c1-17-16-4-2-7(3-5-16)14-10-13-6-8(11)9(12)15-10/h6-7H,2-5H2,1H3,(H,13,14,15). The molecule has 0 spiro atoms. The van der Waals surface area contributed by atoms with Crippen LogP contribution in [-0.2, 0) is 0 Å². The fraction of sp³-hybridized carbons (Fsp3) is 0.600. The zero-order valence-corrected chi connectivity index (χ0v) is 11.8. The van der Waals surface area contributed by atoms with E-state index in [1.54, 1.807) is 11.9 Å². The molecule has 1 aliphatic heterocycles. The van der Waals surface area contributed by atoms with Crippen molar-refractivity contribution in [3.05, 3.63) is 16.4 Å². The molecule has 1 aromatic heterocycles. The van der Waals surface area contributed by atoms with Gasteiger partial charge in [0.15, 0.2) is 5.15 Å². The monoisotopic (exact) mass is 292 g/mol. The number of nitrogens with zero attached hydrogens (tertiary/aromatic N) is 3. The zero-order valence-electron chi connectivity index (χ0n) is 9.49. The third-order valence-corrected chi connectivity index (χ3v) is 4.29. The molecular weight excluding hydrogens is 279 g/mol. The number of piperidine rings is 1. The zero-order chi connectivity index (χ0) is 12.3. The van der Waals surface area contributed by atoms with Crippen LogP contribution >= 0.6 is 35.1 Å². The van der Waals surface area contributed by atoms with Gasteiger partial charge in [-0.1, -0.05) is 35.1 Å². The Labute approximate surface area is 115 Å². The van der Waals surface area contributed by atoms with Crippen LogP contribution in [0.1, 0.15) is 12.8 Å². The van der Waals surface area contributed by atoms with Crippen LogP contribution in [0.5, 0.6) is 0 Å². The summed E-state index contributed by atoms with van der Waals surface area (Å²) in [5.41, 5.74) is 0. The minimum atomic E-state index is 0.297. The molecule has 1 N–H and O–H groups in total. The van der Waals surface area contributed by atoms with Gasteiger partial charge in [-0.25, -0.2) is 4.98 Å². The van der Waals surface area contributed by atoms with Crippen LogP contribution < -0.4 is 5.32 Å². The maximum absolute atomic E-state index is 5.84. The van der Waals surface area contributed by atoms with Crippen molar-refractivity contribution in [3.8, 4) is 0 Å². The summed E-state index contributed by atoms with van der Waals surface area (Å²) < 4.78 is 2.36. The van der Waals surface area contributed by atoms with E-state index < -0.39 is 0 Å². The summed E-state index contributed by atoms with van der Waals surface area (Å²) in [6.07, 6.45) is 5.81. The summed E-state index contributed by atoms with van der Waals surface area (Å²) in [5.74, 6) is 0.557. The Balaban J connectivity index is 1.91. The van der Waals surface area contributed by atoms with Crippen molar-refractivity contribution in [2.24, 2.45) is 0 Å². The van der Waals surface area contributed by atoms with Gasteiger partial charge >= 0.3 is 0 Å². The Morgan fingerprint density at radius 1 is 1.41 bits per heavy atom. The average molecular weight is 293 g/mol. The van der Waals surface area contributed by atoms with Gasteiger partial charge in [-0.3, -0.25) is 4.31 Å². The first-order chi connectivity index (χ1) is 8.19. The van der Waals surface area contributed by atoms with Gasteiger partial charge in [-0.05, 0) is 19.1 Å². The van der Waals surface area contributed by atoms with Crippen LogP contribution in [0.3, 0.4) is 0 Å². The minimum Gasteiger partial charge on any atom is -0.351 e. The molecule has 1 aromatic rings. The van der Waals surface area contributed by atoms with Crippen LogP contribution in [0.15, 0.2) is 6.20 Å². The molecule has 0 saturated carbocycles. The van der Waals surface area contributed by atoms with Gasteiger partial charge in [0.05, 0.1) is 11.2 Å². The molecule has 7 heteroatoms. The van der Waals surface area contributed by atoms with Gasteiger partial charge in [0, 0.05) is 19.1 Å². The summed E-state index contributed by atoms with van der Waals surface area (Å²) in [6.45, 7) is 2.17. The molecular formula is C10H14Cl2N4S. The number of rotatable bonds is 3. The van der Waals surface area contributed by atoms with Gasteiger partial charge in [0.2, 0.25) is 5.95 Å². The lowest BCUT2D eigenvalue weighted by Gasteiger charge is -2.30. The third kappa shape index (κ3) is 3.61. The molecule has 1 aliphatic rings. The Morgan fingerprint density at radius 3 is 2.71 bits per heavy atom. The van der Waals surface area contributed by atoms with E-state index in [2.05, 4.69) is 25.8 Å². The molecule has 1 fully saturated rings. The number of halogens is 2. The van der Waals surface area contributed by atoms with E-state index in [-0.39, 0.29) is 0 Å². The number of hydrogen-bond donors (Lipinski definition) is 1. The third-order valence-electron chi connectivity index (χ3n) is 2.75. The lowest BCUT2D eigenvalue weighted by atomic mass is 10.1. The van der Waals surface area contributed by atoms with Gasteiger partial charge < -0.3 is 5.32 Å². The second kappa shape index (κ2) is 6.09. The van der Waals surface area contributed by atoms with Crippen molar-refractivity contribution in [2.75, 3.05) is 24.7 Å². The largest absolute Gasteiger partial charge is 0.351 e. The van der Waals surface area contributed by atoms with Crippen LogP contribution in [0.2, 0.25) is 10.2 Å². The molecule has 0 aliphatic carbocycles. The lowest BCUT2D eigenvalue weighted by Crippen LogP contribution is -2.35. The molecule has 0 atom stereocenters. The van der Waals surface area contributed by atoms with E-state index in [1.165, 1.54) is 6.20 Å². The first-order valence-electron chi connectivity index (χ1n) is 5.42. The highest BCUT2D eigenvalue weighted by atomic mass is 35.5. The van der Waals surface area contributed by atoms with Crippen molar-refractivity contribution in [1.29, 1.82) is 0 Å². The fourth-order valence-electron chi connectivity index (χ4n) is 1.78. The molecule has 0 bridgehead atoms. The van der Waals surface area contributed by atoms with Gasteiger partial charge in [-0.15, -0.1) is 0 Å². The van der Waals surface area contributed by atoms with Crippen molar-refractivity contribution in [3.63, 3.8) is 0 Å². The van der Waals surface area contributed by atoms with Crippen molar-refractivity contribution >= 4 is 41.1 Å². The summed E-state index contributed by atoms with van der Waals surface area (Å²) in [5, 5.41) is 3.97. The molecule has 2 heterocycles. The second-order valence-electron chi connectivity index (χ2n) is 3.86. The van der Waals surface area contributed by atoms with E-state index in [9.17, 15) is 0 Å². The SMILES string of the molecule is CSN1CCC(Nc2ncc(Cl)c(Cl)n2)CC1. The second-order valence-corrected chi connectivity index (χ2v) is 5.51. The van der Waals surface area contributed by atoms with Gasteiger partial charge in [0.1, 0.15) is 0 Å². The quantitative estimate of drug-likeness (QED) is 0.685. The van der Waals surface area contributed by atoms with Crippen LogP contribution in [0.4, 0.5) is 5.95 Å². The van der Waals surface area contributed by atoms with E-state index >= 15 is 0 Å². The highest BCUT2D eigenvalue weighted by molar-refractivity contribution is 7.96. The Kier molecular flexibility index (Phi) is 4.73. The topological polar surface area (TPSA) is 41.0 Å². The van der Waals surface area contributed by atoms with Gasteiger partial charge in [0.25, 0.3) is 0 Å². The molecule has 1 saturated heterocycles. The maximum atomic E-state index is 5.84. The van der Waals surface area contributed by atoms with E-state index in [0.717, 1.165) is 25.9 Å². The lowest BCUT2D eigenvalue weighted by molar-refractivity contribution is 0.358. The predicted octanol–water partition coefficient (Wildman–Crippen LogP) is 2.94. The summed E-state index contributed by atoms with van der Waals surface area (Å²) in [4.78, 5) is 8.21. The van der Waals surface area contributed by atoms with Crippen molar-refractivity contribution in [2.45, 2.75) is 18.9 Å². The molecule has 94 valence electrons. The molecule has 2 rings (SSSR count). The number of aromatic nitrogens is 2. The molecule has 0 aromatic carbocycles. The molecule has 17 heavy (non-hydrogen) atoms. The first-order valence-corrected chi connectivity index (χ1v) is 7.36. The van der Waals surface area contributed by atoms with E-state index in [4.69, 9.17) is 23.2 Å². The Hall–Kier alpha value is -0.230. The summed E-state index contributed by atoms with van der Waals surface area (Å²) in [6, 6.07) is 0.413. The molecule has 0 radical (unpaired) electrons. The smallest absolute Gasteiger partial charge is 0.224 e. The minimum absolute atomic E-state index is 0.297. The average Bonchev–Trinajstić information content (AvgIpc) is 2.35. The van der Waals surface area contributed by atoms with Crippen LogP contribution in [0.25, 0.3) is 0 Å². The number of anilines is 1. The fourth-order valence-corrected chi connectivity index (χ4v) is 2.58.